The van der Waals surface area contributed by atoms with Crippen LogP contribution in [0.25, 0.3) is 0 Å². The van der Waals surface area contributed by atoms with Gasteiger partial charge in [-0.15, -0.1) is 0 Å². The predicted octanol–water partition coefficient (Wildman–Crippen LogP) is 0.806. The first-order valence-corrected chi connectivity index (χ1v) is 6.47. The van der Waals surface area contributed by atoms with Gasteiger partial charge in [0.2, 0.25) is 0 Å². The summed E-state index contributed by atoms with van der Waals surface area (Å²) in [5, 5.41) is 0. The third kappa shape index (κ3) is 3.75. The molecule has 0 aromatic heterocycles. The number of ether oxygens (including phenoxy) is 3. The Bertz CT molecular complexity index is 534. The Kier molecular flexibility index (Phi) is 5.91. The molecular formula is C15H19NO6. The van der Waals surface area contributed by atoms with Crippen molar-refractivity contribution in [3.8, 4) is 0 Å². The number of nitrogens with two attached hydrogens (primary N) is 1. The average molecular weight is 309 g/mol. The number of hydrogen-bond donors (Lipinski definition) is 1. The van der Waals surface area contributed by atoms with Gasteiger partial charge in [-0.1, -0.05) is 12.1 Å². The van der Waals surface area contributed by atoms with Crippen LogP contribution in [0.3, 0.4) is 0 Å². The van der Waals surface area contributed by atoms with E-state index < -0.39 is 23.3 Å². The molecular weight excluding hydrogens is 290 g/mol. The summed E-state index contributed by atoms with van der Waals surface area (Å²) in [6.07, 6.45) is -0.704. The Balaban J connectivity index is 3.41. The fourth-order valence-corrected chi connectivity index (χ4v) is 2.16. The van der Waals surface area contributed by atoms with Crippen LogP contribution in [0.2, 0.25) is 0 Å². The molecule has 1 aromatic rings. The summed E-state index contributed by atoms with van der Waals surface area (Å²) in [4.78, 5) is 35.9. The first-order chi connectivity index (χ1) is 10.4. The highest BCUT2D eigenvalue weighted by molar-refractivity contribution is 5.93. The number of hydrogen-bond acceptors (Lipinski definition) is 7. The summed E-state index contributed by atoms with van der Waals surface area (Å²) in [5.41, 5.74) is 5.01. The number of carbonyl (C=O) groups is 3. The van der Waals surface area contributed by atoms with E-state index in [0.717, 1.165) is 0 Å². The van der Waals surface area contributed by atoms with Crippen LogP contribution in [0.4, 0.5) is 5.69 Å². The van der Waals surface area contributed by atoms with E-state index in [2.05, 4.69) is 9.47 Å². The largest absolute Gasteiger partial charge is 0.469 e. The molecule has 0 aliphatic heterocycles. The molecule has 1 rings (SSSR count). The van der Waals surface area contributed by atoms with Crippen molar-refractivity contribution in [3.63, 3.8) is 0 Å². The number of benzene rings is 1. The van der Waals surface area contributed by atoms with Gasteiger partial charge in [0.25, 0.3) is 0 Å². The van der Waals surface area contributed by atoms with Crippen LogP contribution in [0.15, 0.2) is 24.3 Å². The van der Waals surface area contributed by atoms with Crippen molar-refractivity contribution in [1.82, 2.24) is 0 Å². The van der Waals surface area contributed by atoms with Crippen LogP contribution in [-0.4, -0.2) is 39.2 Å². The number of esters is 3. The molecule has 0 spiro atoms. The lowest BCUT2D eigenvalue weighted by Crippen LogP contribution is -2.41. The molecule has 0 saturated heterocycles. The molecule has 0 bridgehead atoms. The second kappa shape index (κ2) is 7.44. The van der Waals surface area contributed by atoms with E-state index in [1.54, 1.807) is 24.3 Å². The average Bonchev–Trinajstić information content (AvgIpc) is 2.53. The lowest BCUT2D eigenvalue weighted by Gasteiger charge is -2.29. The first-order valence-electron chi connectivity index (χ1n) is 6.47. The summed E-state index contributed by atoms with van der Waals surface area (Å²) in [7, 11) is 3.58. The van der Waals surface area contributed by atoms with Gasteiger partial charge >= 0.3 is 17.9 Å². The fraction of sp³-hybridized carbons (Fsp3) is 0.400. The highest BCUT2D eigenvalue weighted by atomic mass is 16.5. The molecule has 2 N–H and O–H groups in total. The van der Waals surface area contributed by atoms with Gasteiger partial charge in [-0.25, -0.2) is 0 Å². The van der Waals surface area contributed by atoms with Crippen LogP contribution in [0.5, 0.6) is 0 Å². The molecule has 0 fully saturated rings. The number of nitrogen functional groups attached to an aromatic ring is 1. The first kappa shape index (κ1) is 17.5. The molecule has 0 aliphatic carbocycles. The molecule has 0 heterocycles. The van der Waals surface area contributed by atoms with E-state index in [0.29, 0.717) is 11.3 Å². The molecule has 7 nitrogen and oxygen atoms in total. The quantitative estimate of drug-likeness (QED) is 0.471. The summed E-state index contributed by atoms with van der Waals surface area (Å²) in [5.74, 6) is -2.02. The Hall–Kier alpha value is -2.57. The lowest BCUT2D eigenvalue weighted by atomic mass is 9.74. The minimum absolute atomic E-state index is 0.352. The van der Waals surface area contributed by atoms with E-state index >= 15 is 0 Å². The fourth-order valence-electron chi connectivity index (χ4n) is 2.16. The molecule has 0 radical (unpaired) electrons. The highest BCUT2D eigenvalue weighted by Crippen LogP contribution is 2.35. The lowest BCUT2D eigenvalue weighted by molar-refractivity contribution is -0.158. The molecule has 0 unspecified atom stereocenters. The van der Waals surface area contributed by atoms with Crippen molar-refractivity contribution in [1.29, 1.82) is 0 Å². The summed E-state index contributed by atoms with van der Waals surface area (Å²) >= 11 is 0. The van der Waals surface area contributed by atoms with Gasteiger partial charge in [0.05, 0.1) is 34.2 Å². The molecule has 0 amide bonds. The van der Waals surface area contributed by atoms with E-state index in [9.17, 15) is 14.4 Å². The zero-order chi connectivity index (χ0) is 16.8. The van der Waals surface area contributed by atoms with Crippen LogP contribution in [-0.2, 0) is 34.0 Å². The van der Waals surface area contributed by atoms with Gasteiger partial charge in [0, 0.05) is 5.69 Å². The zero-order valence-corrected chi connectivity index (χ0v) is 12.8. The summed E-state index contributed by atoms with van der Waals surface area (Å²) < 4.78 is 14.1. The van der Waals surface area contributed by atoms with E-state index in [1.807, 2.05) is 0 Å². The van der Waals surface area contributed by atoms with E-state index in [1.165, 1.54) is 21.3 Å². The maximum absolute atomic E-state index is 12.4. The molecule has 120 valence electrons. The maximum Gasteiger partial charge on any atom is 0.317 e. The molecule has 0 saturated carbocycles. The third-order valence-corrected chi connectivity index (χ3v) is 3.39. The molecule has 0 aliphatic rings. The molecule has 7 heteroatoms. The van der Waals surface area contributed by atoms with Gasteiger partial charge in [-0.05, 0) is 17.7 Å². The van der Waals surface area contributed by atoms with Crippen molar-refractivity contribution in [2.24, 2.45) is 0 Å². The third-order valence-electron chi connectivity index (χ3n) is 3.39. The Morgan fingerprint density at radius 2 is 1.36 bits per heavy atom. The van der Waals surface area contributed by atoms with Crippen molar-refractivity contribution in [2.45, 2.75) is 18.3 Å². The van der Waals surface area contributed by atoms with E-state index in [4.69, 9.17) is 10.5 Å². The van der Waals surface area contributed by atoms with Crippen LogP contribution in [0.1, 0.15) is 18.4 Å². The van der Waals surface area contributed by atoms with Gasteiger partial charge in [-0.2, -0.15) is 0 Å². The topological polar surface area (TPSA) is 105 Å². The monoisotopic (exact) mass is 309 g/mol. The second-order valence-electron chi connectivity index (χ2n) is 4.70. The summed E-state index contributed by atoms with van der Waals surface area (Å²) in [6, 6.07) is 6.28. The Labute approximate surface area is 128 Å². The zero-order valence-electron chi connectivity index (χ0n) is 12.8. The molecule has 22 heavy (non-hydrogen) atoms. The smallest absolute Gasteiger partial charge is 0.317 e. The minimum atomic E-state index is -1.53. The van der Waals surface area contributed by atoms with Gasteiger partial charge in [0.1, 0.15) is 5.41 Å². The van der Waals surface area contributed by atoms with Crippen LogP contribution >= 0.6 is 0 Å². The Morgan fingerprint density at radius 3 is 1.73 bits per heavy atom. The standard InChI is InChI=1S/C15H19NO6/c1-20-12(17)8-15(14(19)22-3,9-13(18)21-2)10-4-6-11(16)7-5-10/h4-7H,8-9,16H2,1-3H3. The van der Waals surface area contributed by atoms with Crippen molar-refractivity contribution < 1.29 is 28.6 Å². The predicted molar refractivity (Wildman–Crippen MR) is 77.8 cm³/mol. The number of anilines is 1. The maximum atomic E-state index is 12.4. The highest BCUT2D eigenvalue weighted by Gasteiger charge is 2.46. The van der Waals surface area contributed by atoms with Crippen molar-refractivity contribution in [3.05, 3.63) is 29.8 Å². The van der Waals surface area contributed by atoms with Crippen molar-refractivity contribution >= 4 is 23.6 Å². The van der Waals surface area contributed by atoms with Gasteiger partial charge < -0.3 is 19.9 Å². The van der Waals surface area contributed by atoms with Gasteiger partial charge in [0.15, 0.2) is 0 Å². The number of rotatable bonds is 6. The summed E-state index contributed by atoms with van der Waals surface area (Å²) in [6.45, 7) is 0. The Morgan fingerprint density at radius 1 is 0.909 bits per heavy atom. The van der Waals surface area contributed by atoms with Crippen molar-refractivity contribution in [2.75, 3.05) is 27.1 Å². The van der Waals surface area contributed by atoms with Crippen LogP contribution < -0.4 is 5.73 Å². The molecule has 1 aromatic carbocycles. The normalized spacial score (nSPS) is 10.7. The second-order valence-corrected chi connectivity index (χ2v) is 4.70. The van der Waals surface area contributed by atoms with Gasteiger partial charge in [-0.3, -0.25) is 14.4 Å². The van der Waals surface area contributed by atoms with E-state index in [-0.39, 0.29) is 12.8 Å². The number of carbonyl (C=O) groups excluding carboxylic acids is 3. The minimum Gasteiger partial charge on any atom is -0.469 e. The molecule has 0 atom stereocenters. The number of methoxy groups -OCH3 is 3. The SMILES string of the molecule is COC(=O)CC(CC(=O)OC)(C(=O)OC)c1ccc(N)cc1. The van der Waals surface area contributed by atoms with Crippen LogP contribution in [0, 0.1) is 0 Å².